The molecular formula is C16H18FN3O. The highest BCUT2D eigenvalue weighted by molar-refractivity contribution is 5.98. The Morgan fingerprint density at radius 2 is 2.05 bits per heavy atom. The Bertz CT molecular complexity index is 630. The molecule has 21 heavy (non-hydrogen) atoms. The second-order valence-corrected chi connectivity index (χ2v) is 4.65. The summed E-state index contributed by atoms with van der Waals surface area (Å²) >= 11 is 0. The van der Waals surface area contributed by atoms with Gasteiger partial charge in [-0.3, -0.25) is 4.79 Å². The lowest BCUT2D eigenvalue weighted by molar-refractivity contribution is 0.0940. The molecule has 2 rings (SSSR count). The van der Waals surface area contributed by atoms with Gasteiger partial charge in [-0.05, 0) is 32.0 Å². The summed E-state index contributed by atoms with van der Waals surface area (Å²) in [5.41, 5.74) is 0.905. The molecule has 0 fully saturated rings. The Morgan fingerprint density at radius 1 is 1.29 bits per heavy atom. The third kappa shape index (κ3) is 3.56. The maximum absolute atomic E-state index is 13.7. The fourth-order valence-corrected chi connectivity index (χ4v) is 2.08. The van der Waals surface area contributed by atoms with Crippen molar-refractivity contribution in [3.8, 4) is 0 Å². The van der Waals surface area contributed by atoms with Crippen LogP contribution >= 0.6 is 0 Å². The number of anilines is 1. The number of benzene rings is 1. The van der Waals surface area contributed by atoms with E-state index in [4.69, 9.17) is 0 Å². The first-order chi connectivity index (χ1) is 10.1. The summed E-state index contributed by atoms with van der Waals surface area (Å²) in [6, 6.07) is 9.37. The fourth-order valence-electron chi connectivity index (χ4n) is 2.08. The first-order valence-corrected chi connectivity index (χ1v) is 6.87. The number of nitrogens with zero attached hydrogens (tertiary/aromatic N) is 1. The van der Waals surface area contributed by atoms with Crippen LogP contribution in [0.2, 0.25) is 0 Å². The van der Waals surface area contributed by atoms with Crippen LogP contribution < -0.4 is 10.6 Å². The number of aromatic nitrogens is 1. The Morgan fingerprint density at radius 3 is 2.76 bits per heavy atom. The minimum absolute atomic E-state index is 0.283. The minimum atomic E-state index is -0.423. The predicted octanol–water partition coefficient (Wildman–Crippen LogP) is 3.14. The number of nitrogens with one attached hydrogen (secondary N) is 2. The van der Waals surface area contributed by atoms with Gasteiger partial charge in [-0.15, -0.1) is 0 Å². The lowest BCUT2D eigenvalue weighted by Crippen LogP contribution is -2.28. The molecule has 0 saturated heterocycles. The molecule has 4 nitrogen and oxygen atoms in total. The highest BCUT2D eigenvalue weighted by Crippen LogP contribution is 2.18. The van der Waals surface area contributed by atoms with Gasteiger partial charge in [0.15, 0.2) is 0 Å². The van der Waals surface area contributed by atoms with Crippen LogP contribution in [-0.4, -0.2) is 17.4 Å². The van der Waals surface area contributed by atoms with Gasteiger partial charge in [0, 0.05) is 18.3 Å². The zero-order valence-corrected chi connectivity index (χ0v) is 12.1. The molecule has 0 radical (unpaired) electrons. The number of rotatable bonds is 5. The van der Waals surface area contributed by atoms with E-state index in [1.165, 1.54) is 6.07 Å². The molecule has 1 amide bonds. The van der Waals surface area contributed by atoms with Crippen molar-refractivity contribution in [2.45, 2.75) is 19.9 Å². The molecule has 0 aliphatic carbocycles. The van der Waals surface area contributed by atoms with E-state index in [0.29, 0.717) is 23.5 Å². The maximum atomic E-state index is 13.7. The summed E-state index contributed by atoms with van der Waals surface area (Å²) in [5, 5.41) is 5.83. The fraction of sp³-hybridized carbons (Fsp3) is 0.250. The third-order valence-corrected chi connectivity index (χ3v) is 3.12. The number of carbonyl (C=O) groups is 1. The van der Waals surface area contributed by atoms with Crippen LogP contribution in [0.4, 0.5) is 10.2 Å². The second kappa shape index (κ2) is 6.83. The molecule has 2 aromatic rings. The number of halogens is 1. The standard InChI is InChI=1S/C16H18FN3O/c1-3-18-15-13(8-6-10-19-15)16(21)20-11(2)12-7-4-5-9-14(12)17/h4-11H,3H2,1-2H3,(H,18,19)(H,20,21). The van der Waals surface area contributed by atoms with Crippen LogP contribution in [-0.2, 0) is 0 Å². The smallest absolute Gasteiger partial charge is 0.255 e. The molecule has 0 aliphatic rings. The van der Waals surface area contributed by atoms with Crippen LogP contribution in [0.5, 0.6) is 0 Å². The first-order valence-electron chi connectivity index (χ1n) is 6.87. The third-order valence-electron chi connectivity index (χ3n) is 3.12. The summed E-state index contributed by atoms with van der Waals surface area (Å²) in [5.74, 6) is -0.0866. The Balaban J connectivity index is 2.17. The van der Waals surface area contributed by atoms with E-state index in [0.717, 1.165) is 0 Å². The van der Waals surface area contributed by atoms with Crippen molar-refractivity contribution in [3.63, 3.8) is 0 Å². The molecule has 0 bridgehead atoms. The molecule has 0 spiro atoms. The highest BCUT2D eigenvalue weighted by Gasteiger charge is 2.17. The molecule has 1 atom stereocenters. The van der Waals surface area contributed by atoms with Crippen molar-refractivity contribution in [2.75, 3.05) is 11.9 Å². The van der Waals surface area contributed by atoms with E-state index < -0.39 is 6.04 Å². The molecule has 110 valence electrons. The van der Waals surface area contributed by atoms with E-state index in [-0.39, 0.29) is 11.7 Å². The summed E-state index contributed by atoms with van der Waals surface area (Å²) in [6.07, 6.45) is 1.62. The van der Waals surface area contributed by atoms with Gasteiger partial charge in [-0.2, -0.15) is 0 Å². The maximum Gasteiger partial charge on any atom is 0.255 e. The van der Waals surface area contributed by atoms with E-state index in [2.05, 4.69) is 15.6 Å². The van der Waals surface area contributed by atoms with Gasteiger partial charge >= 0.3 is 0 Å². The zero-order chi connectivity index (χ0) is 15.2. The van der Waals surface area contributed by atoms with Crippen LogP contribution in [0.3, 0.4) is 0 Å². The molecular weight excluding hydrogens is 269 g/mol. The SMILES string of the molecule is CCNc1ncccc1C(=O)NC(C)c1ccccc1F. The Hall–Kier alpha value is -2.43. The van der Waals surface area contributed by atoms with Gasteiger partial charge in [0.2, 0.25) is 0 Å². The summed E-state index contributed by atoms with van der Waals surface area (Å²) < 4.78 is 13.7. The number of amides is 1. The normalized spacial score (nSPS) is 11.8. The minimum Gasteiger partial charge on any atom is -0.370 e. The van der Waals surface area contributed by atoms with Crippen molar-refractivity contribution in [2.24, 2.45) is 0 Å². The molecule has 2 N–H and O–H groups in total. The number of carbonyl (C=O) groups excluding carboxylic acids is 1. The zero-order valence-electron chi connectivity index (χ0n) is 12.1. The molecule has 1 aromatic carbocycles. The summed E-state index contributed by atoms with van der Waals surface area (Å²) in [6.45, 7) is 4.35. The quantitative estimate of drug-likeness (QED) is 0.888. The van der Waals surface area contributed by atoms with Gasteiger partial charge in [-0.25, -0.2) is 9.37 Å². The van der Waals surface area contributed by atoms with Gasteiger partial charge in [0.1, 0.15) is 11.6 Å². The molecule has 1 unspecified atom stereocenters. The van der Waals surface area contributed by atoms with Crippen LogP contribution in [0.1, 0.15) is 35.8 Å². The topological polar surface area (TPSA) is 54.0 Å². The Labute approximate surface area is 123 Å². The first kappa shape index (κ1) is 15.0. The molecule has 0 saturated carbocycles. The summed E-state index contributed by atoms with van der Waals surface area (Å²) in [7, 11) is 0. The molecule has 1 heterocycles. The number of pyridine rings is 1. The molecule has 5 heteroatoms. The predicted molar refractivity (Wildman–Crippen MR) is 80.7 cm³/mol. The van der Waals surface area contributed by atoms with Gasteiger partial charge in [0.25, 0.3) is 5.91 Å². The van der Waals surface area contributed by atoms with E-state index in [9.17, 15) is 9.18 Å². The van der Waals surface area contributed by atoms with Crippen molar-refractivity contribution in [1.82, 2.24) is 10.3 Å². The van der Waals surface area contributed by atoms with Gasteiger partial charge in [-0.1, -0.05) is 18.2 Å². The lowest BCUT2D eigenvalue weighted by atomic mass is 10.1. The second-order valence-electron chi connectivity index (χ2n) is 4.65. The van der Waals surface area contributed by atoms with Crippen LogP contribution in [0.25, 0.3) is 0 Å². The lowest BCUT2D eigenvalue weighted by Gasteiger charge is -2.16. The summed E-state index contributed by atoms with van der Waals surface area (Å²) in [4.78, 5) is 16.5. The van der Waals surface area contributed by atoms with Crippen molar-refractivity contribution >= 4 is 11.7 Å². The number of hydrogen-bond acceptors (Lipinski definition) is 3. The monoisotopic (exact) mass is 287 g/mol. The van der Waals surface area contributed by atoms with E-state index in [1.807, 2.05) is 6.92 Å². The van der Waals surface area contributed by atoms with Crippen molar-refractivity contribution in [3.05, 3.63) is 59.5 Å². The van der Waals surface area contributed by atoms with Crippen molar-refractivity contribution < 1.29 is 9.18 Å². The van der Waals surface area contributed by atoms with Gasteiger partial charge in [0.05, 0.1) is 11.6 Å². The average Bonchev–Trinajstić information content (AvgIpc) is 2.48. The Kier molecular flexibility index (Phi) is 4.87. The average molecular weight is 287 g/mol. The largest absolute Gasteiger partial charge is 0.370 e. The van der Waals surface area contributed by atoms with Crippen molar-refractivity contribution in [1.29, 1.82) is 0 Å². The van der Waals surface area contributed by atoms with Crippen LogP contribution in [0.15, 0.2) is 42.6 Å². The molecule has 1 aromatic heterocycles. The van der Waals surface area contributed by atoms with E-state index >= 15 is 0 Å². The molecule has 0 aliphatic heterocycles. The van der Waals surface area contributed by atoms with E-state index in [1.54, 1.807) is 43.5 Å². The number of hydrogen-bond donors (Lipinski definition) is 2. The van der Waals surface area contributed by atoms with Crippen LogP contribution in [0, 0.1) is 5.82 Å². The highest BCUT2D eigenvalue weighted by atomic mass is 19.1. The van der Waals surface area contributed by atoms with Gasteiger partial charge < -0.3 is 10.6 Å².